The van der Waals surface area contributed by atoms with Crippen molar-refractivity contribution >= 4 is 34.3 Å². The van der Waals surface area contributed by atoms with Crippen LogP contribution < -0.4 is 26.3 Å². The molecule has 0 spiro atoms. The number of morpholine rings is 1. The summed E-state index contributed by atoms with van der Waals surface area (Å²) < 4.78 is 51.7. The summed E-state index contributed by atoms with van der Waals surface area (Å²) in [6.07, 6.45) is -2.52. The first kappa shape index (κ1) is 21.9. The van der Waals surface area contributed by atoms with Crippen molar-refractivity contribution < 1.29 is 27.4 Å². The molecular weight excluding hydrogens is 457 g/mol. The molecule has 0 unspecified atom stereocenters. The number of ether oxygens (including phenoxy) is 2. The lowest BCUT2D eigenvalue weighted by Crippen LogP contribution is -2.37. The van der Waals surface area contributed by atoms with Crippen molar-refractivity contribution in [1.82, 2.24) is 19.5 Å². The maximum Gasteiger partial charge on any atom is 0.573 e. The van der Waals surface area contributed by atoms with E-state index in [1.165, 1.54) is 12.4 Å². The first-order valence-electron chi connectivity index (χ1n) is 10.4. The van der Waals surface area contributed by atoms with Crippen LogP contribution in [0.5, 0.6) is 5.75 Å². The van der Waals surface area contributed by atoms with Gasteiger partial charge in [0.25, 0.3) is 5.91 Å². The lowest BCUT2D eigenvalue weighted by molar-refractivity contribution is -0.273. The predicted octanol–water partition coefficient (Wildman–Crippen LogP) is 1.31. The van der Waals surface area contributed by atoms with E-state index >= 15 is 0 Å². The molecule has 2 aromatic heterocycles. The molecule has 5 rings (SSSR count). The van der Waals surface area contributed by atoms with Gasteiger partial charge >= 0.3 is 6.36 Å². The number of hydrogen-bond acceptors (Lipinski definition) is 9. The minimum atomic E-state index is -4.95. The van der Waals surface area contributed by atoms with Crippen molar-refractivity contribution in [2.45, 2.75) is 12.9 Å². The van der Waals surface area contributed by atoms with Crippen LogP contribution in [0.25, 0.3) is 10.9 Å². The molecule has 34 heavy (non-hydrogen) atoms. The van der Waals surface area contributed by atoms with Crippen LogP contribution in [0.15, 0.2) is 29.5 Å². The molecule has 2 aliphatic rings. The second kappa shape index (κ2) is 8.44. The Bertz CT molecular complexity index is 1320. The van der Waals surface area contributed by atoms with Crippen LogP contribution in [0.4, 0.5) is 30.6 Å². The fourth-order valence-electron chi connectivity index (χ4n) is 3.92. The first-order chi connectivity index (χ1) is 16.3. The molecule has 14 heteroatoms. The lowest BCUT2D eigenvalue weighted by Gasteiger charge is -2.30. The number of nitrogens with two attached hydrogens (primary N) is 1. The molecule has 1 aromatic carbocycles. The standard InChI is InChI=1S/C20H19F3N8O3/c21-20(22,23)34-15-13(30-5-7-33-8-6-30)2-1-12-14(15)28-19(31-4-3-25-16(12)31)29-17(32)11-9-26-18(24)27-10-11/h1-2,9-10,25H,3-8H2,(H2,24,26,27). The summed E-state index contributed by atoms with van der Waals surface area (Å²) in [4.78, 5) is 30.4. The minimum absolute atomic E-state index is 0.00979. The number of nitrogen functional groups attached to an aromatic ring is 1. The van der Waals surface area contributed by atoms with Crippen LogP contribution in [0, 0.1) is 0 Å². The van der Waals surface area contributed by atoms with Crippen LogP contribution in [-0.4, -0.2) is 64.6 Å². The van der Waals surface area contributed by atoms with E-state index in [4.69, 9.17) is 10.5 Å². The average molecular weight is 476 g/mol. The van der Waals surface area contributed by atoms with Gasteiger partial charge in [-0.3, -0.25) is 9.36 Å². The maximum atomic E-state index is 13.4. The van der Waals surface area contributed by atoms with Crippen LogP contribution in [0.3, 0.4) is 0 Å². The summed E-state index contributed by atoms with van der Waals surface area (Å²) in [6.45, 7) is 2.44. The number of halogens is 3. The summed E-state index contributed by atoms with van der Waals surface area (Å²) in [5.74, 6) is -0.685. The summed E-state index contributed by atoms with van der Waals surface area (Å²) in [5, 5.41) is 3.55. The Morgan fingerprint density at radius 1 is 1.18 bits per heavy atom. The number of benzene rings is 1. The van der Waals surface area contributed by atoms with Crippen molar-refractivity contribution in [1.29, 1.82) is 0 Å². The van der Waals surface area contributed by atoms with Gasteiger partial charge in [-0.05, 0) is 12.1 Å². The third-order valence-electron chi connectivity index (χ3n) is 5.41. The molecular formula is C20H19F3N8O3. The van der Waals surface area contributed by atoms with E-state index in [1.54, 1.807) is 21.6 Å². The molecule has 0 saturated carbocycles. The molecule has 1 fully saturated rings. The van der Waals surface area contributed by atoms with E-state index in [-0.39, 0.29) is 28.3 Å². The molecule has 4 heterocycles. The van der Waals surface area contributed by atoms with Crippen molar-refractivity contribution in [2.75, 3.05) is 48.8 Å². The topological polar surface area (TPSA) is 133 Å². The number of nitrogens with zero attached hydrogens (tertiary/aromatic N) is 6. The lowest BCUT2D eigenvalue weighted by atomic mass is 10.1. The number of alkyl halides is 3. The second-order valence-electron chi connectivity index (χ2n) is 7.54. The van der Waals surface area contributed by atoms with Gasteiger partial charge in [0.2, 0.25) is 11.6 Å². The fraction of sp³-hybridized carbons (Fsp3) is 0.350. The molecule has 3 aromatic rings. The van der Waals surface area contributed by atoms with E-state index in [1.807, 2.05) is 0 Å². The molecule has 0 atom stereocenters. The molecule has 1 saturated heterocycles. The van der Waals surface area contributed by atoms with Gasteiger partial charge in [-0.1, -0.05) is 0 Å². The Hall–Kier alpha value is -3.94. The first-order valence-corrected chi connectivity index (χ1v) is 10.4. The van der Waals surface area contributed by atoms with Crippen molar-refractivity contribution in [3.63, 3.8) is 0 Å². The highest BCUT2D eigenvalue weighted by Crippen LogP contribution is 2.40. The Morgan fingerprint density at radius 3 is 2.62 bits per heavy atom. The highest BCUT2D eigenvalue weighted by Gasteiger charge is 2.35. The van der Waals surface area contributed by atoms with Gasteiger partial charge in [-0.25, -0.2) is 15.0 Å². The van der Waals surface area contributed by atoms with Crippen molar-refractivity contribution in [3.8, 4) is 5.75 Å². The van der Waals surface area contributed by atoms with Gasteiger partial charge in [0.15, 0.2) is 5.75 Å². The number of hydrogen-bond donors (Lipinski definition) is 2. The van der Waals surface area contributed by atoms with E-state index in [0.29, 0.717) is 50.6 Å². The predicted molar refractivity (Wildman–Crippen MR) is 114 cm³/mol. The minimum Gasteiger partial charge on any atom is -0.401 e. The van der Waals surface area contributed by atoms with Gasteiger partial charge < -0.3 is 25.4 Å². The molecule has 0 radical (unpaired) electrons. The highest BCUT2D eigenvalue weighted by atomic mass is 19.4. The number of carbonyl (C=O) groups is 1. The number of fused-ring (bicyclic) bond motifs is 3. The van der Waals surface area contributed by atoms with Crippen LogP contribution in [0.1, 0.15) is 10.4 Å². The second-order valence-corrected chi connectivity index (χ2v) is 7.54. The third-order valence-corrected chi connectivity index (χ3v) is 5.41. The fourth-order valence-corrected chi connectivity index (χ4v) is 3.92. The number of amides is 1. The molecule has 0 bridgehead atoms. The quantitative estimate of drug-likeness (QED) is 0.574. The van der Waals surface area contributed by atoms with E-state index in [2.05, 4.69) is 30.0 Å². The monoisotopic (exact) mass is 476 g/mol. The summed E-state index contributed by atoms with van der Waals surface area (Å²) in [6, 6.07) is 3.25. The van der Waals surface area contributed by atoms with Crippen molar-refractivity contribution in [2.24, 2.45) is 4.99 Å². The summed E-state index contributed by atoms with van der Waals surface area (Å²) >= 11 is 0. The number of aromatic nitrogens is 4. The normalized spacial score (nSPS) is 16.4. The Balaban J connectivity index is 1.72. The summed E-state index contributed by atoms with van der Waals surface area (Å²) in [5.41, 5.74) is 5.60. The zero-order valence-corrected chi connectivity index (χ0v) is 17.7. The molecule has 0 aliphatic carbocycles. The van der Waals surface area contributed by atoms with Crippen LogP contribution in [0.2, 0.25) is 0 Å². The maximum absolute atomic E-state index is 13.4. The Kier molecular flexibility index (Phi) is 5.43. The van der Waals surface area contributed by atoms with Crippen LogP contribution in [-0.2, 0) is 11.3 Å². The van der Waals surface area contributed by atoms with Crippen LogP contribution >= 0.6 is 0 Å². The van der Waals surface area contributed by atoms with E-state index < -0.39 is 18.0 Å². The largest absolute Gasteiger partial charge is 0.573 e. The van der Waals surface area contributed by atoms with Crippen molar-refractivity contribution in [3.05, 3.63) is 35.7 Å². The third kappa shape index (κ3) is 4.19. The van der Waals surface area contributed by atoms with Gasteiger partial charge in [-0.15, -0.1) is 13.2 Å². The number of rotatable bonds is 3. The molecule has 11 nitrogen and oxygen atoms in total. The Labute approximate surface area is 190 Å². The number of carbonyl (C=O) groups excluding carboxylic acids is 1. The zero-order valence-electron chi connectivity index (χ0n) is 17.7. The zero-order chi connectivity index (χ0) is 23.9. The molecule has 2 aliphatic heterocycles. The smallest absolute Gasteiger partial charge is 0.401 e. The number of anilines is 3. The highest BCUT2D eigenvalue weighted by molar-refractivity contribution is 5.98. The van der Waals surface area contributed by atoms with Gasteiger partial charge in [0, 0.05) is 44.0 Å². The van der Waals surface area contributed by atoms with E-state index in [9.17, 15) is 18.0 Å². The molecule has 3 N–H and O–H groups in total. The average Bonchev–Trinajstić information content (AvgIpc) is 3.30. The van der Waals surface area contributed by atoms with E-state index in [0.717, 1.165) is 0 Å². The SMILES string of the molecule is Nc1ncc(C(=O)N=c2nc3c(OC(F)(F)F)c(N4CCOCC4)ccc3c3n2CCN3)cn1. The number of nitrogens with one attached hydrogen (secondary N) is 1. The molecule has 178 valence electrons. The Morgan fingerprint density at radius 2 is 1.91 bits per heavy atom. The van der Waals surface area contributed by atoms with Gasteiger partial charge in [0.05, 0.1) is 24.5 Å². The van der Waals surface area contributed by atoms with Gasteiger partial charge in [0.1, 0.15) is 11.3 Å². The van der Waals surface area contributed by atoms with Gasteiger partial charge in [-0.2, -0.15) is 4.99 Å². The molecule has 1 amide bonds. The summed E-state index contributed by atoms with van der Waals surface area (Å²) in [7, 11) is 0.